The largest absolute Gasteiger partial charge is 0.377 e. The molecule has 0 saturated carbocycles. The Balaban J connectivity index is 1.65. The van der Waals surface area contributed by atoms with E-state index in [4.69, 9.17) is 19.7 Å². The van der Waals surface area contributed by atoms with Gasteiger partial charge in [-0.3, -0.25) is 4.57 Å². The second kappa shape index (κ2) is 7.94. The number of piperidine rings is 1. The molecule has 3 unspecified atom stereocenters. The van der Waals surface area contributed by atoms with E-state index in [9.17, 15) is 0 Å². The summed E-state index contributed by atoms with van der Waals surface area (Å²) in [6.07, 6.45) is 5.01. The highest BCUT2D eigenvalue weighted by molar-refractivity contribution is 5.33. The van der Waals surface area contributed by atoms with E-state index < -0.39 is 0 Å². The monoisotopic (exact) mass is 390 g/mol. The first-order chi connectivity index (χ1) is 13.3. The lowest BCUT2D eigenvalue weighted by molar-refractivity contribution is 0.0186. The van der Waals surface area contributed by atoms with Gasteiger partial charge in [-0.25, -0.2) is 0 Å². The number of rotatable bonds is 4. The van der Waals surface area contributed by atoms with Crippen molar-refractivity contribution >= 4 is 5.95 Å². The molecule has 1 aromatic heterocycles. The predicted molar refractivity (Wildman–Crippen MR) is 111 cm³/mol. The molecule has 3 aliphatic heterocycles. The predicted octanol–water partition coefficient (Wildman–Crippen LogP) is 3.86. The zero-order valence-electron chi connectivity index (χ0n) is 18.4. The first kappa shape index (κ1) is 20.1. The Hall–Kier alpha value is -1.14. The van der Waals surface area contributed by atoms with Gasteiger partial charge < -0.3 is 14.4 Å². The Morgan fingerprint density at radius 2 is 1.82 bits per heavy atom. The summed E-state index contributed by atoms with van der Waals surface area (Å²) in [4.78, 5) is 2.46. The fourth-order valence-electron chi connectivity index (χ4n) is 5.13. The number of nitrogens with zero attached hydrogens (tertiary/aromatic N) is 4. The quantitative estimate of drug-likeness (QED) is 0.781. The van der Waals surface area contributed by atoms with Crippen LogP contribution in [0.5, 0.6) is 0 Å². The van der Waals surface area contributed by atoms with Crippen molar-refractivity contribution < 1.29 is 9.47 Å². The molecule has 6 heteroatoms. The van der Waals surface area contributed by atoms with Gasteiger partial charge in [0, 0.05) is 32.2 Å². The number of anilines is 1. The molecule has 1 aromatic rings. The summed E-state index contributed by atoms with van der Waals surface area (Å²) in [5, 5.41) is 9.49. The summed E-state index contributed by atoms with van der Waals surface area (Å²) >= 11 is 0. The van der Waals surface area contributed by atoms with Crippen LogP contribution in [0.4, 0.5) is 5.95 Å². The Bertz CT molecular complexity index is 662. The lowest BCUT2D eigenvalue weighted by Gasteiger charge is -2.36. The summed E-state index contributed by atoms with van der Waals surface area (Å²) < 4.78 is 14.5. The van der Waals surface area contributed by atoms with E-state index in [-0.39, 0.29) is 17.6 Å². The lowest BCUT2D eigenvalue weighted by atomic mass is 9.81. The maximum Gasteiger partial charge on any atom is 0.227 e. The SMILES string of the molecule is CC1CCN(c2nnc([C@H]3CCO[C@@H]3C(C)(C)C)n2CC2CCCO2)CC1C. The summed E-state index contributed by atoms with van der Waals surface area (Å²) in [7, 11) is 0. The smallest absolute Gasteiger partial charge is 0.227 e. The van der Waals surface area contributed by atoms with E-state index in [0.29, 0.717) is 11.8 Å². The minimum atomic E-state index is 0.0943. The molecule has 3 saturated heterocycles. The third-order valence-corrected chi connectivity index (χ3v) is 7.06. The van der Waals surface area contributed by atoms with Gasteiger partial charge in [0.2, 0.25) is 5.95 Å². The Labute approximate surface area is 170 Å². The molecule has 28 heavy (non-hydrogen) atoms. The topological polar surface area (TPSA) is 52.4 Å². The van der Waals surface area contributed by atoms with Crippen LogP contribution >= 0.6 is 0 Å². The molecule has 4 rings (SSSR count). The number of hydrogen-bond acceptors (Lipinski definition) is 5. The van der Waals surface area contributed by atoms with Crippen LogP contribution in [0.2, 0.25) is 0 Å². The molecule has 3 aliphatic rings. The third-order valence-electron chi connectivity index (χ3n) is 7.06. The van der Waals surface area contributed by atoms with Crippen LogP contribution in [-0.4, -0.2) is 53.3 Å². The highest BCUT2D eigenvalue weighted by Gasteiger charge is 2.42. The minimum Gasteiger partial charge on any atom is -0.377 e. The first-order valence-corrected chi connectivity index (χ1v) is 11.3. The van der Waals surface area contributed by atoms with Crippen LogP contribution in [0.1, 0.15) is 72.0 Å². The number of ether oxygens (including phenoxy) is 2. The van der Waals surface area contributed by atoms with Gasteiger partial charge in [0.1, 0.15) is 5.82 Å². The van der Waals surface area contributed by atoms with Crippen molar-refractivity contribution in [1.82, 2.24) is 14.8 Å². The zero-order valence-corrected chi connectivity index (χ0v) is 18.4. The maximum absolute atomic E-state index is 6.17. The normalized spacial score (nSPS) is 34.3. The van der Waals surface area contributed by atoms with Gasteiger partial charge in [-0.1, -0.05) is 34.6 Å². The van der Waals surface area contributed by atoms with Crippen molar-refractivity contribution in [3.63, 3.8) is 0 Å². The molecule has 0 spiro atoms. The summed E-state index contributed by atoms with van der Waals surface area (Å²) in [5.74, 6) is 3.92. The fourth-order valence-corrected chi connectivity index (χ4v) is 5.13. The second-order valence-corrected chi connectivity index (χ2v) is 10.3. The molecule has 5 atom stereocenters. The molecule has 0 bridgehead atoms. The molecular formula is C22H38N4O2. The minimum absolute atomic E-state index is 0.0943. The molecule has 158 valence electrons. The lowest BCUT2D eigenvalue weighted by Crippen LogP contribution is -2.40. The van der Waals surface area contributed by atoms with E-state index in [0.717, 1.165) is 69.8 Å². The third kappa shape index (κ3) is 3.95. The van der Waals surface area contributed by atoms with Crippen LogP contribution in [-0.2, 0) is 16.0 Å². The number of aromatic nitrogens is 3. The van der Waals surface area contributed by atoms with Crippen LogP contribution < -0.4 is 4.90 Å². The highest BCUT2D eigenvalue weighted by atomic mass is 16.5. The van der Waals surface area contributed by atoms with E-state index in [2.05, 4.69) is 44.1 Å². The van der Waals surface area contributed by atoms with Gasteiger partial charge in [-0.15, -0.1) is 10.2 Å². The number of hydrogen-bond donors (Lipinski definition) is 0. The average Bonchev–Trinajstić information content (AvgIpc) is 3.37. The van der Waals surface area contributed by atoms with Crippen LogP contribution in [0.3, 0.4) is 0 Å². The van der Waals surface area contributed by atoms with Crippen molar-refractivity contribution in [3.8, 4) is 0 Å². The molecule has 4 heterocycles. The second-order valence-electron chi connectivity index (χ2n) is 10.3. The van der Waals surface area contributed by atoms with Gasteiger partial charge in [0.05, 0.1) is 18.8 Å². The van der Waals surface area contributed by atoms with Crippen molar-refractivity contribution in [2.45, 2.75) is 85.0 Å². The summed E-state index contributed by atoms with van der Waals surface area (Å²) in [6, 6.07) is 0. The van der Waals surface area contributed by atoms with Gasteiger partial charge in [-0.2, -0.15) is 0 Å². The van der Waals surface area contributed by atoms with Crippen molar-refractivity contribution in [3.05, 3.63) is 5.82 Å². The fraction of sp³-hybridized carbons (Fsp3) is 0.909. The highest BCUT2D eigenvalue weighted by Crippen LogP contribution is 2.41. The van der Waals surface area contributed by atoms with E-state index in [1.807, 2.05) is 0 Å². The van der Waals surface area contributed by atoms with Crippen molar-refractivity contribution in [2.75, 3.05) is 31.2 Å². The molecular weight excluding hydrogens is 352 g/mol. The van der Waals surface area contributed by atoms with Gasteiger partial charge in [0.25, 0.3) is 0 Å². The first-order valence-electron chi connectivity index (χ1n) is 11.3. The van der Waals surface area contributed by atoms with E-state index >= 15 is 0 Å². The zero-order chi connectivity index (χ0) is 19.9. The van der Waals surface area contributed by atoms with Gasteiger partial charge >= 0.3 is 0 Å². The average molecular weight is 391 g/mol. The van der Waals surface area contributed by atoms with Gasteiger partial charge in [0.15, 0.2) is 0 Å². The summed E-state index contributed by atoms with van der Waals surface area (Å²) in [5.41, 5.74) is 0.0943. The molecule has 0 aromatic carbocycles. The Morgan fingerprint density at radius 1 is 1.00 bits per heavy atom. The Kier molecular flexibility index (Phi) is 5.71. The molecule has 0 N–H and O–H groups in total. The molecule has 0 aliphatic carbocycles. The molecule has 0 amide bonds. The van der Waals surface area contributed by atoms with Crippen LogP contribution in [0.15, 0.2) is 0 Å². The van der Waals surface area contributed by atoms with Crippen LogP contribution in [0.25, 0.3) is 0 Å². The Morgan fingerprint density at radius 3 is 2.50 bits per heavy atom. The van der Waals surface area contributed by atoms with Crippen molar-refractivity contribution in [1.29, 1.82) is 0 Å². The van der Waals surface area contributed by atoms with Crippen molar-refractivity contribution in [2.24, 2.45) is 17.3 Å². The van der Waals surface area contributed by atoms with Crippen LogP contribution in [0, 0.1) is 17.3 Å². The van der Waals surface area contributed by atoms with Gasteiger partial charge in [-0.05, 0) is 42.9 Å². The summed E-state index contributed by atoms with van der Waals surface area (Å²) in [6.45, 7) is 16.2. The van der Waals surface area contributed by atoms with E-state index in [1.54, 1.807) is 0 Å². The maximum atomic E-state index is 6.17. The van der Waals surface area contributed by atoms with E-state index in [1.165, 1.54) is 6.42 Å². The molecule has 6 nitrogen and oxygen atoms in total. The molecule has 0 radical (unpaired) electrons. The standard InChI is InChI=1S/C22H38N4O2/c1-15-8-10-25(13-16(15)2)21-24-23-20(26(21)14-17-7-6-11-27-17)18-9-12-28-19(18)22(3,4)5/h15-19H,6-14H2,1-5H3/t15?,16?,17?,18-,19-/m0/s1. The molecule has 3 fully saturated rings.